The van der Waals surface area contributed by atoms with Crippen molar-refractivity contribution in [2.75, 3.05) is 19.7 Å². The van der Waals surface area contributed by atoms with Crippen LogP contribution < -0.4 is 5.32 Å². The highest BCUT2D eigenvalue weighted by Gasteiger charge is 2.28. The van der Waals surface area contributed by atoms with Gasteiger partial charge in [0.15, 0.2) is 0 Å². The topological polar surface area (TPSA) is 89.4 Å². The number of likely N-dealkylation sites (tertiary alicyclic amines) is 1. The van der Waals surface area contributed by atoms with Crippen molar-refractivity contribution >= 4 is 12.0 Å². The average Bonchev–Trinajstić information content (AvgIpc) is 3.20. The van der Waals surface area contributed by atoms with Gasteiger partial charge in [0.2, 0.25) is 0 Å². The molecule has 0 bridgehead atoms. The lowest BCUT2D eigenvalue weighted by Crippen LogP contribution is -2.45. The van der Waals surface area contributed by atoms with E-state index >= 15 is 0 Å². The molecule has 2 heterocycles. The largest absolute Gasteiger partial charge is 0.466 e. The zero-order chi connectivity index (χ0) is 19.1. The lowest BCUT2D eigenvalue weighted by atomic mass is 9.97. The molecule has 0 unspecified atom stereocenters. The molecule has 0 atom stereocenters. The molecule has 1 fully saturated rings. The predicted octanol–water partition coefficient (Wildman–Crippen LogP) is 1.81. The molecule has 8 heteroatoms. The van der Waals surface area contributed by atoms with E-state index in [1.807, 2.05) is 24.3 Å². The summed E-state index contributed by atoms with van der Waals surface area (Å²) in [6.07, 6.45) is 4.47. The first-order valence-electron chi connectivity index (χ1n) is 9.26. The highest BCUT2D eigenvalue weighted by Crippen LogP contribution is 2.19. The second-order valence-corrected chi connectivity index (χ2v) is 6.53. The van der Waals surface area contributed by atoms with Crippen LogP contribution in [0.1, 0.15) is 30.9 Å². The van der Waals surface area contributed by atoms with Crippen molar-refractivity contribution in [2.45, 2.75) is 32.9 Å². The van der Waals surface area contributed by atoms with Crippen molar-refractivity contribution in [1.82, 2.24) is 25.0 Å². The zero-order valence-electron chi connectivity index (χ0n) is 15.5. The summed E-state index contributed by atoms with van der Waals surface area (Å²) < 4.78 is 6.82. The summed E-state index contributed by atoms with van der Waals surface area (Å²) in [5.74, 6) is -0.253. The molecule has 27 heavy (non-hydrogen) atoms. The number of carbonyl (C=O) groups excluding carboxylic acids is 2. The molecule has 2 aromatic rings. The molecule has 3 rings (SSSR count). The van der Waals surface area contributed by atoms with Crippen LogP contribution in [0.2, 0.25) is 0 Å². The number of carbonyl (C=O) groups is 2. The van der Waals surface area contributed by atoms with Crippen LogP contribution in [0.15, 0.2) is 36.9 Å². The highest BCUT2D eigenvalue weighted by molar-refractivity contribution is 5.76. The Morgan fingerprint density at radius 1 is 1.22 bits per heavy atom. The van der Waals surface area contributed by atoms with Crippen molar-refractivity contribution in [3.05, 3.63) is 48.0 Å². The normalized spacial score (nSPS) is 14.8. The number of ether oxygens (including phenoxy) is 1. The van der Waals surface area contributed by atoms with E-state index in [9.17, 15) is 9.59 Å². The van der Waals surface area contributed by atoms with E-state index in [1.54, 1.807) is 22.8 Å². The van der Waals surface area contributed by atoms with Crippen molar-refractivity contribution < 1.29 is 14.3 Å². The molecule has 1 aliphatic rings. The maximum atomic E-state index is 12.5. The summed E-state index contributed by atoms with van der Waals surface area (Å²) in [7, 11) is 0. The van der Waals surface area contributed by atoms with E-state index in [-0.39, 0.29) is 17.9 Å². The minimum Gasteiger partial charge on any atom is -0.466 e. The second-order valence-electron chi connectivity index (χ2n) is 6.53. The Kier molecular flexibility index (Phi) is 6.40. The lowest BCUT2D eigenvalue weighted by Gasteiger charge is -2.31. The highest BCUT2D eigenvalue weighted by atomic mass is 16.5. The van der Waals surface area contributed by atoms with Crippen LogP contribution in [0, 0.1) is 5.92 Å². The number of amides is 2. The van der Waals surface area contributed by atoms with Crippen molar-refractivity contribution in [1.29, 1.82) is 0 Å². The van der Waals surface area contributed by atoms with Gasteiger partial charge in [-0.15, -0.1) is 0 Å². The number of rotatable bonds is 6. The minimum absolute atomic E-state index is 0.0996. The van der Waals surface area contributed by atoms with E-state index in [0.29, 0.717) is 45.6 Å². The van der Waals surface area contributed by atoms with E-state index in [1.165, 1.54) is 6.33 Å². The van der Waals surface area contributed by atoms with Crippen molar-refractivity contribution in [3.8, 4) is 0 Å². The Bertz CT molecular complexity index is 754. The summed E-state index contributed by atoms with van der Waals surface area (Å²) in [6.45, 7) is 4.39. The number of hydrogen-bond donors (Lipinski definition) is 1. The van der Waals surface area contributed by atoms with Crippen LogP contribution >= 0.6 is 0 Å². The quantitative estimate of drug-likeness (QED) is 0.782. The first kappa shape index (κ1) is 18.9. The maximum Gasteiger partial charge on any atom is 0.317 e. The number of nitrogens with zero attached hydrogens (tertiary/aromatic N) is 4. The lowest BCUT2D eigenvalue weighted by molar-refractivity contribution is -0.149. The van der Waals surface area contributed by atoms with Gasteiger partial charge in [0, 0.05) is 19.6 Å². The van der Waals surface area contributed by atoms with Gasteiger partial charge in [-0.2, -0.15) is 5.10 Å². The number of nitrogens with one attached hydrogen (secondary N) is 1. The summed E-state index contributed by atoms with van der Waals surface area (Å²) in [5.41, 5.74) is 2.13. The fourth-order valence-electron chi connectivity index (χ4n) is 3.23. The van der Waals surface area contributed by atoms with Crippen LogP contribution in [0.3, 0.4) is 0 Å². The molecular formula is C19H25N5O3. The molecule has 1 aliphatic heterocycles. The molecule has 0 spiro atoms. The molecule has 1 aromatic heterocycles. The molecule has 144 valence electrons. The third-order valence-electron chi connectivity index (χ3n) is 4.75. The molecule has 0 radical (unpaired) electrons. The first-order valence-corrected chi connectivity index (χ1v) is 9.26. The smallest absolute Gasteiger partial charge is 0.317 e. The Morgan fingerprint density at radius 2 is 1.96 bits per heavy atom. The number of benzene rings is 1. The number of urea groups is 1. The van der Waals surface area contributed by atoms with Crippen LogP contribution in [0.25, 0.3) is 0 Å². The van der Waals surface area contributed by atoms with Gasteiger partial charge in [0.25, 0.3) is 0 Å². The van der Waals surface area contributed by atoms with Gasteiger partial charge in [0.05, 0.1) is 19.1 Å². The molecule has 8 nitrogen and oxygen atoms in total. The van der Waals surface area contributed by atoms with E-state index in [2.05, 4.69) is 15.4 Å². The monoisotopic (exact) mass is 371 g/mol. The fraction of sp³-hybridized carbons (Fsp3) is 0.474. The van der Waals surface area contributed by atoms with Crippen LogP contribution in [0.5, 0.6) is 0 Å². The van der Waals surface area contributed by atoms with Crippen LogP contribution in [-0.2, 0) is 22.6 Å². The van der Waals surface area contributed by atoms with Gasteiger partial charge in [-0.3, -0.25) is 4.79 Å². The van der Waals surface area contributed by atoms with Gasteiger partial charge in [0.1, 0.15) is 12.7 Å². The molecular weight excluding hydrogens is 346 g/mol. The summed E-state index contributed by atoms with van der Waals surface area (Å²) in [4.78, 5) is 30.0. The fourth-order valence-corrected chi connectivity index (χ4v) is 3.23. The van der Waals surface area contributed by atoms with E-state index in [0.717, 1.165) is 11.1 Å². The van der Waals surface area contributed by atoms with Crippen molar-refractivity contribution in [2.24, 2.45) is 5.92 Å². The summed E-state index contributed by atoms with van der Waals surface area (Å²) in [5, 5.41) is 7.11. The van der Waals surface area contributed by atoms with E-state index in [4.69, 9.17) is 4.74 Å². The molecule has 0 saturated carbocycles. The number of piperidine rings is 1. The Balaban J connectivity index is 1.51. The summed E-state index contributed by atoms with van der Waals surface area (Å²) >= 11 is 0. The van der Waals surface area contributed by atoms with Crippen LogP contribution in [0.4, 0.5) is 4.79 Å². The molecule has 1 saturated heterocycles. The average molecular weight is 371 g/mol. The van der Waals surface area contributed by atoms with Crippen molar-refractivity contribution in [3.63, 3.8) is 0 Å². The Hall–Kier alpha value is -2.90. The zero-order valence-corrected chi connectivity index (χ0v) is 15.5. The summed E-state index contributed by atoms with van der Waals surface area (Å²) in [6, 6.07) is 7.84. The second kappa shape index (κ2) is 9.16. The van der Waals surface area contributed by atoms with Gasteiger partial charge in [-0.25, -0.2) is 14.5 Å². The Morgan fingerprint density at radius 3 is 2.63 bits per heavy atom. The van der Waals surface area contributed by atoms with Gasteiger partial charge in [-0.1, -0.05) is 24.3 Å². The van der Waals surface area contributed by atoms with Crippen LogP contribution in [-0.4, -0.2) is 51.4 Å². The molecule has 1 N–H and O–H groups in total. The third-order valence-corrected chi connectivity index (χ3v) is 4.75. The van der Waals surface area contributed by atoms with E-state index < -0.39 is 0 Å². The number of esters is 1. The van der Waals surface area contributed by atoms with Gasteiger partial charge < -0.3 is 15.0 Å². The SMILES string of the molecule is CCOC(=O)C1CCN(C(=O)NCc2ccccc2Cn2cncn2)CC1. The number of hydrogen-bond acceptors (Lipinski definition) is 5. The van der Waals surface area contributed by atoms with Gasteiger partial charge in [-0.05, 0) is 30.9 Å². The van der Waals surface area contributed by atoms with Gasteiger partial charge >= 0.3 is 12.0 Å². The molecule has 1 aromatic carbocycles. The third kappa shape index (κ3) is 5.06. The first-order chi connectivity index (χ1) is 13.2. The minimum atomic E-state index is -0.153. The predicted molar refractivity (Wildman–Crippen MR) is 98.7 cm³/mol. The maximum absolute atomic E-state index is 12.5. The molecule has 2 amide bonds. The number of aromatic nitrogens is 3. The molecule has 0 aliphatic carbocycles. The standard InChI is InChI=1S/C19H25N5O3/c1-2-27-18(25)15-7-9-23(10-8-15)19(26)21-11-16-5-3-4-6-17(16)12-24-14-20-13-22-24/h3-6,13-15H,2,7-12H2,1H3,(H,21,26). The Labute approximate surface area is 158 Å².